The van der Waals surface area contributed by atoms with Gasteiger partial charge in [-0.1, -0.05) is 94.4 Å². The van der Waals surface area contributed by atoms with Gasteiger partial charge in [0.25, 0.3) is 0 Å². The highest BCUT2D eigenvalue weighted by atomic mass is 31.2. The Balaban J connectivity index is 3.66. The highest BCUT2D eigenvalue weighted by Gasteiger charge is 2.25. The van der Waals surface area contributed by atoms with E-state index >= 15 is 0 Å². The van der Waals surface area contributed by atoms with Crippen LogP contribution in [0.25, 0.3) is 0 Å². The Kier molecular flexibility index (Phi) is 18.0. The minimum absolute atomic E-state index is 0.0563. The average molecular weight is 435 g/mol. The highest BCUT2D eigenvalue weighted by molar-refractivity contribution is 7.57. The van der Waals surface area contributed by atoms with Gasteiger partial charge in [-0.2, -0.15) is 0 Å². The minimum Gasteiger partial charge on any atom is -0.344 e. The Morgan fingerprint density at radius 3 is 1.50 bits per heavy atom. The quantitative estimate of drug-likeness (QED) is 0.133. The third kappa shape index (κ3) is 23.2. The van der Waals surface area contributed by atoms with Gasteiger partial charge in [-0.05, 0) is 63.2 Å². The third-order valence-electron chi connectivity index (χ3n) is 4.84. The van der Waals surface area contributed by atoms with Crippen molar-refractivity contribution in [3.63, 3.8) is 0 Å². The summed E-state index contributed by atoms with van der Waals surface area (Å²) in [6, 6.07) is 0. The van der Waals surface area contributed by atoms with Crippen LogP contribution in [-0.4, -0.2) is 17.7 Å². The second-order valence-corrected chi connectivity index (χ2v) is 11.5. The first-order chi connectivity index (χ1) is 14.3. The second kappa shape index (κ2) is 18.6. The van der Waals surface area contributed by atoms with E-state index in [1.807, 2.05) is 0 Å². The lowest BCUT2D eigenvalue weighted by Crippen LogP contribution is -2.16. The molecular formula is C27H47O2P. The number of unbranched alkanes of at least 4 members (excludes halogenated alkanes) is 4. The lowest BCUT2D eigenvalue weighted by molar-refractivity contribution is 0.353. The van der Waals surface area contributed by atoms with Crippen molar-refractivity contribution >= 4 is 7.37 Å². The van der Waals surface area contributed by atoms with Gasteiger partial charge in [0.05, 0.1) is 0 Å². The standard InChI is InChI=1S/C27H47O2P/c1-5-6-7-8-9-10-11-12-13-14-15-16-17-18-19-20-21-22-23-24-25-27(2,3)26-30(4,28)29/h9-10,12-13,15-16,18-19,21-22H,5-8,11,14,17,20,23-26H2,1-4H3,(H,28,29)/b10-9-,13-12-,16-15-,19-18-,22-21-. The molecule has 0 spiro atoms. The largest absolute Gasteiger partial charge is 0.344 e. The molecular weight excluding hydrogens is 387 g/mol. The molecule has 0 aromatic rings. The molecule has 2 nitrogen and oxygen atoms in total. The van der Waals surface area contributed by atoms with Crippen molar-refractivity contribution in [2.45, 2.75) is 91.4 Å². The zero-order chi connectivity index (χ0) is 22.6. The van der Waals surface area contributed by atoms with Crippen LogP contribution >= 0.6 is 7.37 Å². The molecule has 0 aliphatic rings. The molecule has 1 unspecified atom stereocenters. The summed E-state index contributed by atoms with van der Waals surface area (Å²) in [7, 11) is -2.92. The summed E-state index contributed by atoms with van der Waals surface area (Å²) in [5.41, 5.74) is -0.0563. The first-order valence-electron chi connectivity index (χ1n) is 11.8. The summed E-state index contributed by atoms with van der Waals surface area (Å²) in [6.07, 6.45) is 35.1. The van der Waals surface area contributed by atoms with Gasteiger partial charge >= 0.3 is 0 Å². The fourth-order valence-electron chi connectivity index (χ4n) is 3.40. The maximum Gasteiger partial charge on any atom is 0.198 e. The topological polar surface area (TPSA) is 37.3 Å². The van der Waals surface area contributed by atoms with Crippen molar-refractivity contribution < 1.29 is 9.46 Å². The summed E-state index contributed by atoms with van der Waals surface area (Å²) in [6.45, 7) is 7.87. The summed E-state index contributed by atoms with van der Waals surface area (Å²) in [5, 5.41) is 0. The zero-order valence-electron chi connectivity index (χ0n) is 20.1. The van der Waals surface area contributed by atoms with Crippen LogP contribution in [0.5, 0.6) is 0 Å². The van der Waals surface area contributed by atoms with Crippen molar-refractivity contribution in [1.29, 1.82) is 0 Å². The van der Waals surface area contributed by atoms with E-state index < -0.39 is 7.37 Å². The molecule has 30 heavy (non-hydrogen) atoms. The van der Waals surface area contributed by atoms with E-state index in [4.69, 9.17) is 0 Å². The van der Waals surface area contributed by atoms with Crippen molar-refractivity contribution in [2.75, 3.05) is 12.8 Å². The van der Waals surface area contributed by atoms with Crippen molar-refractivity contribution in [2.24, 2.45) is 5.41 Å². The Hall–Kier alpha value is -1.11. The van der Waals surface area contributed by atoms with Crippen LogP contribution in [-0.2, 0) is 4.57 Å². The van der Waals surface area contributed by atoms with Crippen molar-refractivity contribution in [3.05, 3.63) is 60.8 Å². The Labute approximate surface area is 187 Å². The summed E-state index contributed by atoms with van der Waals surface area (Å²) in [5.74, 6) is 0. The lowest BCUT2D eigenvalue weighted by atomic mass is 9.89. The molecule has 0 rings (SSSR count). The number of hydrogen-bond donors (Lipinski definition) is 1. The van der Waals surface area contributed by atoms with E-state index in [1.54, 1.807) is 0 Å². The molecule has 0 radical (unpaired) electrons. The Morgan fingerprint density at radius 2 is 1.10 bits per heavy atom. The smallest absolute Gasteiger partial charge is 0.198 e. The normalized spacial score (nSPS) is 15.5. The lowest BCUT2D eigenvalue weighted by Gasteiger charge is -2.25. The molecule has 0 amide bonds. The predicted molar refractivity (Wildman–Crippen MR) is 137 cm³/mol. The van der Waals surface area contributed by atoms with Gasteiger partial charge < -0.3 is 4.89 Å². The van der Waals surface area contributed by atoms with Gasteiger partial charge in [0.1, 0.15) is 0 Å². The van der Waals surface area contributed by atoms with Crippen molar-refractivity contribution in [1.82, 2.24) is 0 Å². The van der Waals surface area contributed by atoms with Crippen molar-refractivity contribution in [3.8, 4) is 0 Å². The molecule has 0 bridgehead atoms. The molecule has 3 heteroatoms. The third-order valence-corrected chi connectivity index (χ3v) is 6.28. The predicted octanol–water partition coefficient (Wildman–Crippen LogP) is 9.00. The fourth-order valence-corrected chi connectivity index (χ4v) is 5.15. The first-order valence-corrected chi connectivity index (χ1v) is 14.1. The molecule has 0 aliphatic heterocycles. The van der Waals surface area contributed by atoms with E-state index in [0.717, 1.165) is 44.9 Å². The van der Waals surface area contributed by atoms with Gasteiger partial charge in [0.2, 0.25) is 0 Å². The van der Waals surface area contributed by atoms with E-state index in [9.17, 15) is 9.46 Å². The Morgan fingerprint density at radius 1 is 0.700 bits per heavy atom. The van der Waals surface area contributed by atoms with Gasteiger partial charge in [0.15, 0.2) is 7.37 Å². The van der Waals surface area contributed by atoms with Gasteiger partial charge in [0, 0.05) is 12.8 Å². The molecule has 0 aromatic carbocycles. The minimum atomic E-state index is -2.92. The highest BCUT2D eigenvalue weighted by Crippen LogP contribution is 2.44. The zero-order valence-corrected chi connectivity index (χ0v) is 21.0. The first kappa shape index (κ1) is 28.9. The van der Waals surface area contributed by atoms with Crippen LogP contribution < -0.4 is 0 Å². The van der Waals surface area contributed by atoms with Crippen LogP contribution in [0, 0.1) is 5.41 Å². The SMILES string of the molecule is CCCCC/C=C\C/C=C\C/C=C\C/C=C\C/C=C\CCCC(C)(C)CP(C)(=O)O. The van der Waals surface area contributed by atoms with Crippen LogP contribution in [0.15, 0.2) is 60.8 Å². The second-order valence-electron chi connectivity index (χ2n) is 9.06. The molecule has 172 valence electrons. The summed E-state index contributed by atoms with van der Waals surface area (Å²) in [4.78, 5) is 9.54. The van der Waals surface area contributed by atoms with Gasteiger partial charge in [-0.3, -0.25) is 4.57 Å². The molecule has 0 aliphatic carbocycles. The maximum absolute atomic E-state index is 11.6. The molecule has 1 atom stereocenters. The average Bonchev–Trinajstić information content (AvgIpc) is 2.64. The van der Waals surface area contributed by atoms with E-state index in [0.29, 0.717) is 6.16 Å². The fraction of sp³-hybridized carbons (Fsp3) is 0.630. The van der Waals surface area contributed by atoms with Crippen LogP contribution in [0.3, 0.4) is 0 Å². The van der Waals surface area contributed by atoms with Gasteiger partial charge in [-0.25, -0.2) is 0 Å². The molecule has 0 saturated carbocycles. The number of hydrogen-bond acceptors (Lipinski definition) is 1. The van der Waals surface area contributed by atoms with Crippen LogP contribution in [0.1, 0.15) is 91.4 Å². The van der Waals surface area contributed by atoms with Gasteiger partial charge in [-0.15, -0.1) is 0 Å². The molecule has 0 heterocycles. The molecule has 0 aromatic heterocycles. The van der Waals surface area contributed by atoms with Crippen LogP contribution in [0.4, 0.5) is 0 Å². The number of rotatable bonds is 18. The van der Waals surface area contributed by atoms with E-state index in [1.165, 1.54) is 32.3 Å². The monoisotopic (exact) mass is 434 g/mol. The summed E-state index contributed by atoms with van der Waals surface area (Å²) >= 11 is 0. The maximum atomic E-state index is 11.6. The number of allylic oxidation sites excluding steroid dienone is 10. The van der Waals surface area contributed by atoms with E-state index in [2.05, 4.69) is 81.5 Å². The molecule has 0 saturated heterocycles. The van der Waals surface area contributed by atoms with Crippen LogP contribution in [0.2, 0.25) is 0 Å². The molecule has 1 N–H and O–H groups in total. The van der Waals surface area contributed by atoms with E-state index in [-0.39, 0.29) is 5.41 Å². The molecule has 0 fully saturated rings. The Bertz CT molecular complexity index is 588. The summed E-state index contributed by atoms with van der Waals surface area (Å²) < 4.78 is 11.6.